The molecule has 4 bridgehead atoms. The zero-order valence-corrected chi connectivity index (χ0v) is 18.1. The summed E-state index contributed by atoms with van der Waals surface area (Å²) in [7, 11) is -3.59. The number of anilines is 1. The first-order valence-electron chi connectivity index (χ1n) is 10.3. The average Bonchev–Trinajstić information content (AvgIpc) is 3.18. The summed E-state index contributed by atoms with van der Waals surface area (Å²) < 4.78 is 29.2. The molecule has 0 radical (unpaired) electrons. The molecular weight excluding hydrogens is 422 g/mol. The third kappa shape index (κ3) is 4.13. The van der Waals surface area contributed by atoms with Gasteiger partial charge in [0.1, 0.15) is 5.03 Å². The number of hydrogen-bond acceptors (Lipinski definition) is 6. The van der Waals surface area contributed by atoms with Crippen molar-refractivity contribution in [2.45, 2.75) is 54.0 Å². The summed E-state index contributed by atoms with van der Waals surface area (Å²) in [6.07, 6.45) is 8.26. The Hall–Kier alpha value is -1.91. The minimum absolute atomic E-state index is 0.190. The maximum absolute atomic E-state index is 13.1. The third-order valence-corrected chi connectivity index (χ3v) is 9.08. The molecule has 0 saturated heterocycles. The molecule has 4 aliphatic rings. The predicted octanol–water partition coefficient (Wildman–Crippen LogP) is 2.78. The molecule has 8 nitrogen and oxygen atoms in total. The molecule has 30 heavy (non-hydrogen) atoms. The van der Waals surface area contributed by atoms with Crippen LogP contribution in [0.5, 0.6) is 0 Å². The lowest BCUT2D eigenvalue weighted by molar-refractivity contribution is -0.113. The van der Waals surface area contributed by atoms with Gasteiger partial charge in [0.2, 0.25) is 15.9 Å². The monoisotopic (exact) mass is 447 g/mol. The summed E-state index contributed by atoms with van der Waals surface area (Å²) in [6, 6.07) is 6.38. The minimum Gasteiger partial charge on any atom is -0.325 e. The number of sulfonamides is 1. The molecule has 1 heterocycles. The topological polar surface area (TPSA) is 117 Å². The highest BCUT2D eigenvalue weighted by Gasteiger charge is 2.52. The highest BCUT2D eigenvalue weighted by molar-refractivity contribution is 7.99. The van der Waals surface area contributed by atoms with E-state index in [2.05, 4.69) is 25.4 Å². The second-order valence-corrected chi connectivity index (χ2v) is 11.7. The fraction of sp³-hybridized carbons (Fsp3) is 0.550. The zero-order valence-electron chi connectivity index (χ0n) is 16.5. The second-order valence-electron chi connectivity index (χ2n) is 8.97. The fourth-order valence-corrected chi connectivity index (χ4v) is 7.91. The van der Waals surface area contributed by atoms with Crippen molar-refractivity contribution in [2.75, 3.05) is 11.1 Å². The molecule has 1 aromatic carbocycles. The predicted molar refractivity (Wildman–Crippen MR) is 113 cm³/mol. The third-order valence-electron chi connectivity index (χ3n) is 6.58. The van der Waals surface area contributed by atoms with Gasteiger partial charge >= 0.3 is 0 Å². The van der Waals surface area contributed by atoms with Crippen molar-refractivity contribution in [3.05, 3.63) is 30.5 Å². The Morgan fingerprint density at radius 3 is 2.30 bits per heavy atom. The van der Waals surface area contributed by atoms with Crippen LogP contribution in [0.1, 0.15) is 38.5 Å². The Morgan fingerprint density at radius 2 is 1.73 bits per heavy atom. The van der Waals surface area contributed by atoms with Crippen LogP contribution in [0.25, 0.3) is 0 Å². The van der Waals surface area contributed by atoms with Crippen molar-refractivity contribution in [3.63, 3.8) is 0 Å². The molecule has 0 unspecified atom stereocenters. The molecule has 1 amide bonds. The SMILES string of the molecule is O=C(CSc1cn[nH]n1)Nc1ccc(S(=O)(=O)NC23CC4CC(CC(C4)C2)C3)cc1. The standard InChI is InChI=1S/C20H25N5O3S2/c26-18(12-29-19-11-21-25-23-19)22-16-1-3-17(4-2-16)30(27,28)24-20-8-13-5-14(9-20)7-15(6-13)10-20/h1-4,11,13-15,24H,5-10,12H2,(H,22,26)(H,21,23,25). The van der Waals surface area contributed by atoms with Gasteiger partial charge in [0.05, 0.1) is 16.8 Å². The van der Waals surface area contributed by atoms with Gasteiger partial charge in [-0.15, -0.1) is 5.10 Å². The number of rotatable bonds is 7. The molecular formula is C20H25N5O3S2. The molecule has 2 aromatic rings. The largest absolute Gasteiger partial charge is 0.325 e. The lowest BCUT2D eigenvalue weighted by atomic mass is 9.53. The smallest absolute Gasteiger partial charge is 0.241 e. The van der Waals surface area contributed by atoms with Crippen molar-refractivity contribution in [1.29, 1.82) is 0 Å². The number of hydrogen-bond donors (Lipinski definition) is 3. The number of carbonyl (C=O) groups excluding carboxylic acids is 1. The number of nitrogens with one attached hydrogen (secondary N) is 3. The van der Waals surface area contributed by atoms with Gasteiger partial charge in [-0.2, -0.15) is 10.3 Å². The molecule has 0 aliphatic heterocycles. The van der Waals surface area contributed by atoms with Crippen LogP contribution in [0.2, 0.25) is 0 Å². The first-order valence-corrected chi connectivity index (χ1v) is 12.8. The number of H-pyrrole nitrogens is 1. The Kier molecular flexibility index (Phi) is 5.11. The van der Waals surface area contributed by atoms with E-state index < -0.39 is 10.0 Å². The maximum atomic E-state index is 13.1. The van der Waals surface area contributed by atoms with E-state index in [-0.39, 0.29) is 22.1 Å². The molecule has 4 saturated carbocycles. The number of thioether (sulfide) groups is 1. The summed E-state index contributed by atoms with van der Waals surface area (Å²) in [4.78, 5) is 12.3. The highest BCUT2D eigenvalue weighted by atomic mass is 32.2. The number of aromatic amines is 1. The van der Waals surface area contributed by atoms with E-state index in [1.807, 2.05) is 0 Å². The average molecular weight is 448 g/mol. The Balaban J connectivity index is 1.22. The van der Waals surface area contributed by atoms with Crippen LogP contribution >= 0.6 is 11.8 Å². The Bertz CT molecular complexity index is 986. The number of benzene rings is 1. The molecule has 6 rings (SSSR count). The number of carbonyl (C=O) groups is 1. The molecule has 0 atom stereocenters. The van der Waals surface area contributed by atoms with E-state index in [1.54, 1.807) is 30.5 Å². The first-order chi connectivity index (χ1) is 14.4. The first kappa shape index (κ1) is 20.0. The van der Waals surface area contributed by atoms with E-state index in [9.17, 15) is 13.2 Å². The number of nitrogens with zero attached hydrogens (tertiary/aromatic N) is 2. The normalized spacial score (nSPS) is 29.8. The van der Waals surface area contributed by atoms with Crippen molar-refractivity contribution in [2.24, 2.45) is 17.8 Å². The van der Waals surface area contributed by atoms with Crippen LogP contribution in [-0.2, 0) is 14.8 Å². The zero-order chi connectivity index (χ0) is 20.8. The van der Waals surface area contributed by atoms with Crippen molar-refractivity contribution >= 4 is 33.4 Å². The van der Waals surface area contributed by atoms with Gasteiger partial charge < -0.3 is 5.32 Å². The van der Waals surface area contributed by atoms with Crippen LogP contribution in [0.3, 0.4) is 0 Å². The van der Waals surface area contributed by atoms with Gasteiger partial charge in [0.15, 0.2) is 0 Å². The van der Waals surface area contributed by atoms with Crippen LogP contribution in [-0.4, -0.2) is 41.0 Å². The van der Waals surface area contributed by atoms with E-state index >= 15 is 0 Å². The molecule has 0 spiro atoms. The second kappa shape index (κ2) is 7.65. The molecule has 1 aromatic heterocycles. The summed E-state index contributed by atoms with van der Waals surface area (Å²) in [5.41, 5.74) is 0.299. The lowest BCUT2D eigenvalue weighted by Gasteiger charge is -2.56. The van der Waals surface area contributed by atoms with E-state index in [1.165, 1.54) is 31.0 Å². The van der Waals surface area contributed by atoms with Gasteiger partial charge in [-0.1, -0.05) is 11.8 Å². The Labute approximate surface area is 180 Å². The maximum Gasteiger partial charge on any atom is 0.241 e. The van der Waals surface area contributed by atoms with Gasteiger partial charge in [0, 0.05) is 11.2 Å². The highest BCUT2D eigenvalue weighted by Crippen LogP contribution is 2.55. The van der Waals surface area contributed by atoms with Gasteiger partial charge in [0.25, 0.3) is 0 Å². The van der Waals surface area contributed by atoms with Crippen LogP contribution in [0, 0.1) is 17.8 Å². The van der Waals surface area contributed by atoms with E-state index in [0.29, 0.717) is 28.5 Å². The van der Waals surface area contributed by atoms with Gasteiger partial charge in [-0.3, -0.25) is 4.79 Å². The molecule has 10 heteroatoms. The molecule has 4 aliphatic carbocycles. The fourth-order valence-electron chi connectivity index (χ4n) is 5.89. The van der Waals surface area contributed by atoms with E-state index in [4.69, 9.17) is 0 Å². The van der Waals surface area contributed by atoms with Crippen molar-refractivity contribution in [1.82, 2.24) is 20.1 Å². The van der Waals surface area contributed by atoms with Gasteiger partial charge in [-0.05, 0) is 80.5 Å². The minimum atomic E-state index is -3.59. The van der Waals surface area contributed by atoms with Crippen LogP contribution in [0.4, 0.5) is 5.69 Å². The quantitative estimate of drug-likeness (QED) is 0.562. The molecule has 4 fully saturated rings. The molecule has 3 N–H and O–H groups in total. The van der Waals surface area contributed by atoms with Crippen LogP contribution < -0.4 is 10.0 Å². The summed E-state index contributed by atoms with van der Waals surface area (Å²) in [6.45, 7) is 0. The number of amides is 1. The summed E-state index contributed by atoms with van der Waals surface area (Å²) in [5, 5.41) is 13.5. The Morgan fingerprint density at radius 1 is 1.10 bits per heavy atom. The van der Waals surface area contributed by atoms with Crippen molar-refractivity contribution < 1.29 is 13.2 Å². The van der Waals surface area contributed by atoms with E-state index in [0.717, 1.165) is 19.3 Å². The lowest BCUT2D eigenvalue weighted by Crippen LogP contribution is -2.59. The number of aromatic nitrogens is 3. The summed E-state index contributed by atoms with van der Waals surface area (Å²) in [5.74, 6) is 2.02. The summed E-state index contributed by atoms with van der Waals surface area (Å²) >= 11 is 1.27. The van der Waals surface area contributed by atoms with Crippen molar-refractivity contribution in [3.8, 4) is 0 Å². The van der Waals surface area contributed by atoms with Gasteiger partial charge in [-0.25, -0.2) is 13.1 Å². The molecule has 160 valence electrons. The van der Waals surface area contributed by atoms with Crippen LogP contribution in [0.15, 0.2) is 40.4 Å².